The first-order valence-electron chi connectivity index (χ1n) is 8.95. The van der Waals surface area contributed by atoms with E-state index in [1.807, 2.05) is 11.8 Å². The van der Waals surface area contributed by atoms with Crippen LogP contribution in [0, 0.1) is 0 Å². The maximum atomic E-state index is 10.6. The zero-order valence-electron chi connectivity index (χ0n) is 14.4. The van der Waals surface area contributed by atoms with Gasteiger partial charge in [0.15, 0.2) is 0 Å². The number of thioether (sulfide) groups is 1. The highest BCUT2D eigenvalue weighted by Crippen LogP contribution is 2.33. The van der Waals surface area contributed by atoms with Crippen LogP contribution in [0.2, 0.25) is 0 Å². The molecule has 0 bridgehead atoms. The summed E-state index contributed by atoms with van der Waals surface area (Å²) in [7, 11) is 0. The number of aliphatic hydroxyl groups excluding tert-OH is 1. The molecule has 128 valence electrons. The van der Waals surface area contributed by atoms with Gasteiger partial charge in [0.05, 0.1) is 6.10 Å². The van der Waals surface area contributed by atoms with Gasteiger partial charge in [-0.25, -0.2) is 0 Å². The minimum absolute atomic E-state index is 0.0776. The Bertz CT molecular complexity index is 644. The van der Waals surface area contributed by atoms with Crippen LogP contribution in [0.1, 0.15) is 42.6 Å². The van der Waals surface area contributed by atoms with Gasteiger partial charge in [-0.15, -0.1) is 11.8 Å². The third-order valence-electron chi connectivity index (χ3n) is 4.73. The van der Waals surface area contributed by atoms with Crippen LogP contribution in [0.5, 0.6) is 0 Å². The van der Waals surface area contributed by atoms with Crippen molar-refractivity contribution in [3.63, 3.8) is 0 Å². The molecule has 0 fully saturated rings. The fourth-order valence-electron chi connectivity index (χ4n) is 3.22. The number of hydrogen-bond acceptors (Lipinski definition) is 3. The number of unbranched alkanes of at least 4 members (excludes halogenated alkanes) is 1. The molecule has 24 heavy (non-hydrogen) atoms. The van der Waals surface area contributed by atoms with Gasteiger partial charge in [0, 0.05) is 16.7 Å². The summed E-state index contributed by atoms with van der Waals surface area (Å²) in [6, 6.07) is 17.1. The van der Waals surface area contributed by atoms with Gasteiger partial charge in [0.25, 0.3) is 0 Å². The second kappa shape index (κ2) is 8.70. The summed E-state index contributed by atoms with van der Waals surface area (Å²) in [5.74, 6) is 1.17. The Kier molecular flexibility index (Phi) is 6.36. The van der Waals surface area contributed by atoms with E-state index in [1.165, 1.54) is 28.2 Å². The summed E-state index contributed by atoms with van der Waals surface area (Å²) in [6.07, 6.45) is 4.13. The molecular weight excluding hydrogens is 314 g/mol. The van der Waals surface area contributed by atoms with Crippen LogP contribution in [0.3, 0.4) is 0 Å². The maximum absolute atomic E-state index is 10.6. The monoisotopic (exact) mass is 341 g/mol. The summed E-state index contributed by atoms with van der Waals surface area (Å²) >= 11 is 1.92. The third kappa shape index (κ3) is 4.62. The van der Waals surface area contributed by atoms with E-state index in [0.29, 0.717) is 0 Å². The number of rotatable bonds is 8. The van der Waals surface area contributed by atoms with Gasteiger partial charge in [-0.2, -0.15) is 0 Å². The van der Waals surface area contributed by atoms with Crippen LogP contribution in [0.15, 0.2) is 53.4 Å². The maximum Gasteiger partial charge on any atom is 0.0940 e. The van der Waals surface area contributed by atoms with E-state index in [0.717, 1.165) is 31.4 Å². The van der Waals surface area contributed by atoms with Gasteiger partial charge < -0.3 is 10.4 Å². The Morgan fingerprint density at radius 2 is 1.96 bits per heavy atom. The van der Waals surface area contributed by atoms with Gasteiger partial charge in [-0.1, -0.05) is 42.5 Å². The summed E-state index contributed by atoms with van der Waals surface area (Å²) in [6.45, 7) is 3.02. The number of fused-ring (bicyclic) bond motifs is 1. The molecule has 0 unspecified atom stereocenters. The average molecular weight is 342 g/mol. The van der Waals surface area contributed by atoms with Gasteiger partial charge >= 0.3 is 0 Å². The van der Waals surface area contributed by atoms with E-state index in [2.05, 4.69) is 60.8 Å². The van der Waals surface area contributed by atoms with Crippen LogP contribution in [0.4, 0.5) is 0 Å². The van der Waals surface area contributed by atoms with Crippen LogP contribution in [0.25, 0.3) is 0 Å². The van der Waals surface area contributed by atoms with Gasteiger partial charge in [-0.3, -0.25) is 0 Å². The van der Waals surface area contributed by atoms with Crippen molar-refractivity contribution in [2.24, 2.45) is 0 Å². The Balaban J connectivity index is 1.40. The number of benzene rings is 2. The molecule has 1 aliphatic rings. The lowest BCUT2D eigenvalue weighted by atomic mass is 10.00. The number of aryl methyl sites for hydroxylation is 2. The zero-order chi connectivity index (χ0) is 16.8. The summed E-state index contributed by atoms with van der Waals surface area (Å²) in [5.41, 5.74) is 3.84. The Labute approximate surface area is 149 Å². The van der Waals surface area contributed by atoms with Crippen molar-refractivity contribution >= 4 is 11.8 Å². The molecule has 2 aromatic carbocycles. The highest BCUT2D eigenvalue weighted by atomic mass is 32.2. The largest absolute Gasteiger partial charge is 0.387 e. The Hall–Kier alpha value is -1.29. The van der Waals surface area contributed by atoms with Crippen LogP contribution in [-0.2, 0) is 12.8 Å². The molecular formula is C21H27NOS. The van der Waals surface area contributed by atoms with Crippen LogP contribution < -0.4 is 5.32 Å². The lowest BCUT2D eigenvalue weighted by molar-refractivity contribution is 0.136. The van der Waals surface area contributed by atoms with Crippen molar-refractivity contribution in [2.75, 3.05) is 12.3 Å². The standard InChI is InChI=1S/C21H27NOS/c1-16(22-13-6-5-9-17-7-3-2-4-8-17)21(23)19-10-11-20-18(15-19)12-14-24-20/h2-4,7-8,10-11,15-16,21-23H,5-6,9,12-14H2,1H3/t16-,21+/m0/s1. The quantitative estimate of drug-likeness (QED) is 0.699. The van der Waals surface area contributed by atoms with E-state index in [9.17, 15) is 5.11 Å². The van der Waals surface area contributed by atoms with E-state index in [1.54, 1.807) is 0 Å². The highest BCUT2D eigenvalue weighted by Gasteiger charge is 2.19. The molecule has 3 heteroatoms. The van der Waals surface area contributed by atoms with E-state index >= 15 is 0 Å². The fraction of sp³-hybridized carbons (Fsp3) is 0.429. The normalized spacial score (nSPS) is 15.9. The van der Waals surface area contributed by atoms with Crippen molar-refractivity contribution in [1.82, 2.24) is 5.32 Å². The molecule has 1 heterocycles. The van der Waals surface area contributed by atoms with E-state index < -0.39 is 6.10 Å². The summed E-state index contributed by atoms with van der Waals surface area (Å²) in [4.78, 5) is 1.38. The molecule has 2 nitrogen and oxygen atoms in total. The number of nitrogens with one attached hydrogen (secondary N) is 1. The van der Waals surface area contributed by atoms with E-state index in [4.69, 9.17) is 0 Å². The first-order chi connectivity index (χ1) is 11.7. The van der Waals surface area contributed by atoms with Crippen LogP contribution >= 0.6 is 11.8 Å². The first-order valence-corrected chi connectivity index (χ1v) is 9.93. The molecule has 2 atom stereocenters. The Morgan fingerprint density at radius 1 is 1.12 bits per heavy atom. The molecule has 2 N–H and O–H groups in total. The second-order valence-electron chi connectivity index (χ2n) is 6.60. The fourth-order valence-corrected chi connectivity index (χ4v) is 4.27. The topological polar surface area (TPSA) is 32.3 Å². The van der Waals surface area contributed by atoms with Crippen molar-refractivity contribution < 1.29 is 5.11 Å². The molecule has 0 aliphatic carbocycles. The second-order valence-corrected chi connectivity index (χ2v) is 7.73. The van der Waals surface area contributed by atoms with Crippen LogP contribution in [-0.4, -0.2) is 23.4 Å². The zero-order valence-corrected chi connectivity index (χ0v) is 15.2. The van der Waals surface area contributed by atoms with Gasteiger partial charge in [-0.05, 0) is 61.9 Å². The number of aliphatic hydroxyl groups is 1. The molecule has 0 aromatic heterocycles. The molecule has 0 spiro atoms. The SMILES string of the molecule is C[C@H](NCCCCc1ccccc1)[C@@H](O)c1ccc2c(c1)CCS2. The third-order valence-corrected chi connectivity index (χ3v) is 5.85. The van der Waals surface area contributed by atoms with E-state index in [-0.39, 0.29) is 6.04 Å². The molecule has 0 saturated carbocycles. The molecule has 0 amide bonds. The minimum atomic E-state index is -0.435. The lowest BCUT2D eigenvalue weighted by Gasteiger charge is -2.21. The van der Waals surface area contributed by atoms with Crippen molar-refractivity contribution in [3.05, 3.63) is 65.2 Å². The molecule has 3 rings (SSSR count). The molecule has 0 saturated heterocycles. The lowest BCUT2D eigenvalue weighted by Crippen LogP contribution is -2.33. The molecule has 1 aliphatic heterocycles. The van der Waals surface area contributed by atoms with Gasteiger partial charge in [0.1, 0.15) is 0 Å². The van der Waals surface area contributed by atoms with Crippen molar-refractivity contribution in [2.45, 2.75) is 49.6 Å². The molecule has 0 radical (unpaired) electrons. The predicted octanol–water partition coefficient (Wildman–Crippen LogP) is 4.37. The first kappa shape index (κ1) is 17.5. The molecule has 2 aromatic rings. The summed E-state index contributed by atoms with van der Waals surface area (Å²) in [5, 5.41) is 14.1. The average Bonchev–Trinajstić information content (AvgIpc) is 3.09. The number of hydrogen-bond donors (Lipinski definition) is 2. The van der Waals surface area contributed by atoms with Crippen molar-refractivity contribution in [1.29, 1.82) is 0 Å². The minimum Gasteiger partial charge on any atom is -0.387 e. The highest BCUT2D eigenvalue weighted by molar-refractivity contribution is 7.99. The predicted molar refractivity (Wildman–Crippen MR) is 103 cm³/mol. The summed E-state index contributed by atoms with van der Waals surface area (Å²) < 4.78 is 0. The van der Waals surface area contributed by atoms with Crippen molar-refractivity contribution in [3.8, 4) is 0 Å². The van der Waals surface area contributed by atoms with Gasteiger partial charge in [0.2, 0.25) is 0 Å². The Morgan fingerprint density at radius 3 is 2.79 bits per heavy atom. The smallest absolute Gasteiger partial charge is 0.0940 e.